The fourth-order valence-electron chi connectivity index (χ4n) is 3.00. The summed E-state index contributed by atoms with van der Waals surface area (Å²) in [7, 11) is 0. The summed E-state index contributed by atoms with van der Waals surface area (Å²) in [6.45, 7) is 3.61. The SMILES string of the molecule is CCC1CCCCCN1C(=O)C1CC(O)CN1. The fourth-order valence-corrected chi connectivity index (χ4v) is 3.00. The Morgan fingerprint density at radius 2 is 2.24 bits per heavy atom. The van der Waals surface area contributed by atoms with Gasteiger partial charge in [0.1, 0.15) is 0 Å². The third-order valence-electron chi connectivity index (χ3n) is 4.04. The van der Waals surface area contributed by atoms with Crippen molar-refractivity contribution in [2.24, 2.45) is 0 Å². The molecule has 17 heavy (non-hydrogen) atoms. The second-order valence-electron chi connectivity index (χ2n) is 5.29. The Kier molecular flexibility index (Phi) is 4.40. The van der Waals surface area contributed by atoms with Crippen molar-refractivity contribution >= 4 is 5.91 Å². The summed E-state index contributed by atoms with van der Waals surface area (Å²) in [6.07, 6.45) is 6.00. The number of carbonyl (C=O) groups is 1. The summed E-state index contributed by atoms with van der Waals surface area (Å²) in [6, 6.07) is 0.252. The topological polar surface area (TPSA) is 52.6 Å². The van der Waals surface area contributed by atoms with E-state index in [9.17, 15) is 9.90 Å². The molecule has 3 atom stereocenters. The summed E-state index contributed by atoms with van der Waals surface area (Å²) in [5.74, 6) is 0.204. The van der Waals surface area contributed by atoms with E-state index >= 15 is 0 Å². The number of likely N-dealkylation sites (tertiary alicyclic amines) is 1. The van der Waals surface area contributed by atoms with Gasteiger partial charge in [-0.3, -0.25) is 4.79 Å². The zero-order chi connectivity index (χ0) is 12.3. The van der Waals surface area contributed by atoms with E-state index in [0.29, 0.717) is 19.0 Å². The van der Waals surface area contributed by atoms with Crippen LogP contribution in [0.2, 0.25) is 0 Å². The fraction of sp³-hybridized carbons (Fsp3) is 0.923. The summed E-state index contributed by atoms with van der Waals surface area (Å²) in [4.78, 5) is 14.5. The number of nitrogens with zero attached hydrogens (tertiary/aromatic N) is 1. The Labute approximate surface area is 103 Å². The first-order valence-corrected chi connectivity index (χ1v) is 6.94. The first kappa shape index (κ1) is 12.8. The molecule has 0 aromatic heterocycles. The number of carbonyl (C=O) groups excluding carboxylic acids is 1. The van der Waals surface area contributed by atoms with Crippen LogP contribution in [-0.2, 0) is 4.79 Å². The molecule has 0 saturated carbocycles. The van der Waals surface area contributed by atoms with Gasteiger partial charge in [0.05, 0.1) is 12.1 Å². The van der Waals surface area contributed by atoms with Crippen molar-refractivity contribution in [1.29, 1.82) is 0 Å². The number of aliphatic hydroxyl groups is 1. The van der Waals surface area contributed by atoms with Crippen LogP contribution < -0.4 is 5.32 Å². The maximum absolute atomic E-state index is 12.4. The molecule has 0 radical (unpaired) electrons. The molecule has 0 bridgehead atoms. The van der Waals surface area contributed by atoms with Crippen LogP contribution in [0.3, 0.4) is 0 Å². The first-order chi connectivity index (χ1) is 8.22. The van der Waals surface area contributed by atoms with Crippen LogP contribution in [0.1, 0.15) is 45.4 Å². The molecule has 2 aliphatic rings. The minimum atomic E-state index is -0.351. The van der Waals surface area contributed by atoms with Crippen LogP contribution in [0, 0.1) is 0 Å². The van der Waals surface area contributed by atoms with E-state index < -0.39 is 0 Å². The number of aliphatic hydroxyl groups excluding tert-OH is 1. The van der Waals surface area contributed by atoms with Crippen molar-refractivity contribution in [3.63, 3.8) is 0 Å². The van der Waals surface area contributed by atoms with Crippen molar-refractivity contribution < 1.29 is 9.90 Å². The highest BCUT2D eigenvalue weighted by Crippen LogP contribution is 2.21. The first-order valence-electron chi connectivity index (χ1n) is 6.94. The Morgan fingerprint density at radius 1 is 1.41 bits per heavy atom. The zero-order valence-corrected chi connectivity index (χ0v) is 10.7. The number of hydrogen-bond acceptors (Lipinski definition) is 3. The van der Waals surface area contributed by atoms with Gasteiger partial charge in [-0.1, -0.05) is 19.8 Å². The minimum Gasteiger partial charge on any atom is -0.392 e. The summed E-state index contributed by atoms with van der Waals surface area (Å²) in [5, 5.41) is 12.6. The van der Waals surface area contributed by atoms with Crippen molar-refractivity contribution in [1.82, 2.24) is 10.2 Å². The van der Waals surface area contributed by atoms with Crippen molar-refractivity contribution in [2.45, 2.75) is 63.6 Å². The van der Waals surface area contributed by atoms with Gasteiger partial charge >= 0.3 is 0 Å². The number of amides is 1. The van der Waals surface area contributed by atoms with Crippen LogP contribution in [0.15, 0.2) is 0 Å². The molecule has 4 heteroatoms. The van der Waals surface area contributed by atoms with Gasteiger partial charge in [-0.2, -0.15) is 0 Å². The van der Waals surface area contributed by atoms with E-state index in [0.717, 1.165) is 25.8 Å². The molecule has 4 nitrogen and oxygen atoms in total. The molecule has 0 aliphatic carbocycles. The van der Waals surface area contributed by atoms with Gasteiger partial charge in [0, 0.05) is 19.1 Å². The quantitative estimate of drug-likeness (QED) is 0.753. The van der Waals surface area contributed by atoms with Crippen LogP contribution >= 0.6 is 0 Å². The molecule has 2 fully saturated rings. The third-order valence-corrected chi connectivity index (χ3v) is 4.04. The van der Waals surface area contributed by atoms with Crippen molar-refractivity contribution in [3.05, 3.63) is 0 Å². The number of nitrogens with one attached hydrogen (secondary N) is 1. The van der Waals surface area contributed by atoms with E-state index in [-0.39, 0.29) is 18.1 Å². The lowest BCUT2D eigenvalue weighted by atomic mass is 10.1. The van der Waals surface area contributed by atoms with Crippen LogP contribution in [0.5, 0.6) is 0 Å². The van der Waals surface area contributed by atoms with Gasteiger partial charge in [-0.15, -0.1) is 0 Å². The lowest BCUT2D eigenvalue weighted by Crippen LogP contribution is -2.48. The van der Waals surface area contributed by atoms with Crippen molar-refractivity contribution in [2.75, 3.05) is 13.1 Å². The minimum absolute atomic E-state index is 0.155. The van der Waals surface area contributed by atoms with E-state index in [1.807, 2.05) is 0 Å². The van der Waals surface area contributed by atoms with Gasteiger partial charge in [0.2, 0.25) is 5.91 Å². The Bertz CT molecular complexity index is 270. The average Bonchev–Trinajstić information content (AvgIpc) is 2.64. The molecule has 0 aromatic carbocycles. The Balaban J connectivity index is 2.00. The lowest BCUT2D eigenvalue weighted by Gasteiger charge is -2.31. The predicted octanol–water partition coefficient (Wildman–Crippen LogP) is 0.890. The molecular formula is C13H24N2O2. The molecule has 3 unspecified atom stereocenters. The van der Waals surface area contributed by atoms with Crippen molar-refractivity contribution in [3.8, 4) is 0 Å². The maximum Gasteiger partial charge on any atom is 0.240 e. The predicted molar refractivity (Wildman–Crippen MR) is 66.7 cm³/mol. The molecule has 98 valence electrons. The highest BCUT2D eigenvalue weighted by atomic mass is 16.3. The van der Waals surface area contributed by atoms with Crippen LogP contribution in [0.25, 0.3) is 0 Å². The van der Waals surface area contributed by atoms with Gasteiger partial charge in [-0.05, 0) is 25.7 Å². The van der Waals surface area contributed by atoms with E-state index in [4.69, 9.17) is 0 Å². The zero-order valence-electron chi connectivity index (χ0n) is 10.7. The van der Waals surface area contributed by atoms with E-state index in [2.05, 4.69) is 17.1 Å². The Morgan fingerprint density at radius 3 is 2.88 bits per heavy atom. The molecule has 2 saturated heterocycles. The normalized spacial score (nSPS) is 34.7. The summed E-state index contributed by atoms with van der Waals surface area (Å²) < 4.78 is 0. The van der Waals surface area contributed by atoms with E-state index in [1.165, 1.54) is 12.8 Å². The molecular weight excluding hydrogens is 216 g/mol. The largest absolute Gasteiger partial charge is 0.392 e. The van der Waals surface area contributed by atoms with Crippen LogP contribution in [-0.4, -0.2) is 47.2 Å². The second-order valence-corrected chi connectivity index (χ2v) is 5.29. The standard InChI is InChI=1S/C13H24N2O2/c1-2-10-6-4-3-5-7-15(10)13(17)12-8-11(16)9-14-12/h10-12,14,16H,2-9H2,1H3. The number of β-amino-alcohol motifs (C(OH)–C–C–N with tert-alkyl or cyclic N) is 1. The van der Waals surface area contributed by atoms with E-state index in [1.54, 1.807) is 0 Å². The average molecular weight is 240 g/mol. The molecule has 0 spiro atoms. The second kappa shape index (κ2) is 5.83. The highest BCUT2D eigenvalue weighted by Gasteiger charge is 2.34. The van der Waals surface area contributed by atoms with Crippen LogP contribution in [0.4, 0.5) is 0 Å². The smallest absolute Gasteiger partial charge is 0.240 e. The molecule has 2 rings (SSSR count). The Hall–Kier alpha value is -0.610. The monoisotopic (exact) mass is 240 g/mol. The lowest BCUT2D eigenvalue weighted by molar-refractivity contribution is -0.135. The molecule has 2 heterocycles. The summed E-state index contributed by atoms with van der Waals surface area (Å²) >= 11 is 0. The van der Waals surface area contributed by atoms with Gasteiger partial charge in [-0.25, -0.2) is 0 Å². The van der Waals surface area contributed by atoms with Gasteiger partial charge in [0.25, 0.3) is 0 Å². The highest BCUT2D eigenvalue weighted by molar-refractivity contribution is 5.82. The van der Waals surface area contributed by atoms with Gasteiger partial charge in [0.15, 0.2) is 0 Å². The molecule has 1 amide bonds. The maximum atomic E-state index is 12.4. The number of rotatable bonds is 2. The summed E-state index contributed by atoms with van der Waals surface area (Å²) in [5.41, 5.74) is 0. The number of hydrogen-bond donors (Lipinski definition) is 2. The molecule has 2 N–H and O–H groups in total. The van der Waals surface area contributed by atoms with Gasteiger partial charge < -0.3 is 15.3 Å². The third kappa shape index (κ3) is 2.99. The molecule has 2 aliphatic heterocycles. The molecule has 0 aromatic rings.